The average Bonchev–Trinajstić information content (AvgIpc) is 2.39. The van der Waals surface area contributed by atoms with Gasteiger partial charge in [0.15, 0.2) is 5.75 Å². The number of nitrogens with zero attached hydrogens (tertiary/aromatic N) is 1. The minimum absolute atomic E-state index is 0.00907. The van der Waals surface area contributed by atoms with Crippen molar-refractivity contribution < 1.29 is 5.11 Å². The van der Waals surface area contributed by atoms with Crippen molar-refractivity contribution in [3.05, 3.63) is 34.9 Å². The van der Waals surface area contributed by atoms with E-state index in [1.165, 1.54) is 12.4 Å². The molecule has 2 rings (SSSR count). The van der Waals surface area contributed by atoms with Crippen molar-refractivity contribution >= 4 is 10.9 Å². The summed E-state index contributed by atoms with van der Waals surface area (Å²) in [6.07, 6.45) is 2.76. The van der Waals surface area contributed by atoms with E-state index in [4.69, 9.17) is 0 Å². The van der Waals surface area contributed by atoms with Crippen LogP contribution in [0.15, 0.2) is 29.3 Å². The Hall–Kier alpha value is -1.84. The molecule has 0 amide bonds. The molecular formula is C12H18N2O2. The molecular weight excluding hydrogens is 204 g/mol. The van der Waals surface area contributed by atoms with E-state index in [-0.39, 0.29) is 11.3 Å². The molecule has 0 atom stereocenters. The van der Waals surface area contributed by atoms with Crippen LogP contribution in [-0.2, 0) is 0 Å². The number of aromatic nitrogens is 2. The summed E-state index contributed by atoms with van der Waals surface area (Å²) in [5, 5.41) is 9.66. The molecule has 2 N–H and O–H groups in total. The van der Waals surface area contributed by atoms with E-state index in [1.807, 2.05) is 27.7 Å². The fourth-order valence-electron chi connectivity index (χ4n) is 1.07. The van der Waals surface area contributed by atoms with Gasteiger partial charge in [0.25, 0.3) is 5.56 Å². The van der Waals surface area contributed by atoms with E-state index in [0.717, 1.165) is 0 Å². The second-order valence-electron chi connectivity index (χ2n) is 2.40. The summed E-state index contributed by atoms with van der Waals surface area (Å²) < 4.78 is 0. The number of nitrogens with one attached hydrogen (secondary N) is 1. The van der Waals surface area contributed by atoms with Crippen molar-refractivity contribution in [1.82, 2.24) is 9.97 Å². The van der Waals surface area contributed by atoms with Gasteiger partial charge >= 0.3 is 0 Å². The molecule has 2 aromatic rings. The Bertz CT molecular complexity index is 478. The van der Waals surface area contributed by atoms with Gasteiger partial charge in [0.1, 0.15) is 5.52 Å². The highest BCUT2D eigenvalue weighted by Gasteiger charge is 2.01. The summed E-state index contributed by atoms with van der Waals surface area (Å²) in [5.74, 6) is -0.00907. The predicted octanol–water partition coefficient (Wildman–Crippen LogP) is 2.68. The Kier molecular flexibility index (Phi) is 6.59. The van der Waals surface area contributed by atoms with Crippen molar-refractivity contribution in [3.8, 4) is 5.75 Å². The second kappa shape index (κ2) is 7.45. The second-order valence-corrected chi connectivity index (χ2v) is 2.40. The molecule has 0 aliphatic heterocycles. The van der Waals surface area contributed by atoms with Crippen LogP contribution in [0.4, 0.5) is 0 Å². The van der Waals surface area contributed by atoms with Gasteiger partial charge in [0.2, 0.25) is 0 Å². The standard InChI is InChI=1S/C8H6N2O2.2C2H6/c11-6-4-10-8(12)5-2-1-3-9-7(5)6;2*1-2/h1-4,11H,(H,10,12);2*1-2H3. The van der Waals surface area contributed by atoms with Crippen molar-refractivity contribution in [2.45, 2.75) is 27.7 Å². The normalized spacial score (nSPS) is 8.50. The molecule has 2 aromatic heterocycles. The predicted molar refractivity (Wildman–Crippen MR) is 66.7 cm³/mol. The van der Waals surface area contributed by atoms with Gasteiger partial charge in [0.05, 0.1) is 5.39 Å². The lowest BCUT2D eigenvalue weighted by molar-refractivity contribution is 0.477. The lowest BCUT2D eigenvalue weighted by atomic mass is 10.2. The van der Waals surface area contributed by atoms with Gasteiger partial charge in [-0.25, -0.2) is 0 Å². The van der Waals surface area contributed by atoms with Crippen LogP contribution < -0.4 is 5.56 Å². The minimum atomic E-state index is -0.240. The summed E-state index contributed by atoms with van der Waals surface area (Å²) >= 11 is 0. The number of aromatic amines is 1. The van der Waals surface area contributed by atoms with E-state index in [9.17, 15) is 9.90 Å². The Labute approximate surface area is 95.0 Å². The number of hydrogen-bond donors (Lipinski definition) is 2. The Balaban J connectivity index is 0.000000509. The summed E-state index contributed by atoms with van der Waals surface area (Å²) in [4.78, 5) is 17.4. The van der Waals surface area contributed by atoms with Gasteiger partial charge in [-0.15, -0.1) is 0 Å². The van der Waals surface area contributed by atoms with E-state index >= 15 is 0 Å². The van der Waals surface area contributed by atoms with Gasteiger partial charge in [-0.1, -0.05) is 27.7 Å². The SMILES string of the molecule is CC.CC.O=c1[nH]cc(O)c2ncccc12. The maximum atomic E-state index is 11.1. The third-order valence-electron chi connectivity index (χ3n) is 1.63. The summed E-state index contributed by atoms with van der Waals surface area (Å²) in [7, 11) is 0. The van der Waals surface area contributed by atoms with Gasteiger partial charge in [-0.05, 0) is 12.1 Å². The smallest absolute Gasteiger partial charge is 0.257 e. The third-order valence-corrected chi connectivity index (χ3v) is 1.63. The summed E-state index contributed by atoms with van der Waals surface area (Å²) in [5.41, 5.74) is 0.0946. The molecule has 0 radical (unpaired) electrons. The van der Waals surface area contributed by atoms with Crippen LogP contribution in [0.25, 0.3) is 10.9 Å². The number of rotatable bonds is 0. The highest BCUT2D eigenvalue weighted by atomic mass is 16.3. The zero-order valence-corrected chi connectivity index (χ0v) is 10.1. The molecule has 0 saturated carbocycles. The summed E-state index contributed by atoms with van der Waals surface area (Å²) in [6, 6.07) is 3.26. The molecule has 0 aromatic carbocycles. The number of fused-ring (bicyclic) bond motifs is 1. The van der Waals surface area contributed by atoms with Crippen LogP contribution in [0.2, 0.25) is 0 Å². The van der Waals surface area contributed by atoms with E-state index in [1.54, 1.807) is 12.1 Å². The molecule has 4 heteroatoms. The lowest BCUT2D eigenvalue weighted by Crippen LogP contribution is -2.04. The van der Waals surface area contributed by atoms with Crippen LogP contribution in [0.3, 0.4) is 0 Å². The molecule has 2 heterocycles. The van der Waals surface area contributed by atoms with E-state index < -0.39 is 0 Å². The van der Waals surface area contributed by atoms with Gasteiger partial charge in [-0.3, -0.25) is 9.78 Å². The van der Waals surface area contributed by atoms with Crippen LogP contribution in [0.5, 0.6) is 5.75 Å². The topological polar surface area (TPSA) is 66.0 Å². The molecule has 0 fully saturated rings. The fourth-order valence-corrected chi connectivity index (χ4v) is 1.07. The molecule has 0 bridgehead atoms. The van der Waals surface area contributed by atoms with E-state index in [0.29, 0.717) is 10.9 Å². The highest BCUT2D eigenvalue weighted by molar-refractivity contribution is 5.82. The largest absolute Gasteiger partial charge is 0.504 e. The molecule has 4 nitrogen and oxygen atoms in total. The van der Waals surface area contributed by atoms with Crippen LogP contribution in [0, 0.1) is 0 Å². The monoisotopic (exact) mass is 222 g/mol. The number of pyridine rings is 2. The Morgan fingerprint density at radius 3 is 2.44 bits per heavy atom. The van der Waals surface area contributed by atoms with Crippen molar-refractivity contribution in [2.24, 2.45) is 0 Å². The maximum absolute atomic E-state index is 11.1. The number of aromatic hydroxyl groups is 1. The van der Waals surface area contributed by atoms with Crippen LogP contribution in [-0.4, -0.2) is 15.1 Å². The Morgan fingerprint density at radius 1 is 1.25 bits per heavy atom. The van der Waals surface area contributed by atoms with Crippen molar-refractivity contribution in [2.75, 3.05) is 0 Å². The first-order valence-corrected chi connectivity index (χ1v) is 5.44. The van der Waals surface area contributed by atoms with Crippen molar-refractivity contribution in [1.29, 1.82) is 0 Å². The van der Waals surface area contributed by atoms with Gasteiger partial charge in [-0.2, -0.15) is 0 Å². The maximum Gasteiger partial charge on any atom is 0.257 e. The van der Waals surface area contributed by atoms with E-state index in [2.05, 4.69) is 9.97 Å². The highest BCUT2D eigenvalue weighted by Crippen LogP contribution is 2.15. The molecule has 0 spiro atoms. The first-order valence-electron chi connectivity index (χ1n) is 5.44. The molecule has 88 valence electrons. The molecule has 0 aliphatic rings. The van der Waals surface area contributed by atoms with Crippen LogP contribution >= 0.6 is 0 Å². The zero-order chi connectivity index (χ0) is 12.6. The van der Waals surface area contributed by atoms with Gasteiger partial charge < -0.3 is 10.1 Å². The zero-order valence-electron chi connectivity index (χ0n) is 10.1. The number of H-pyrrole nitrogens is 1. The van der Waals surface area contributed by atoms with Crippen LogP contribution in [0.1, 0.15) is 27.7 Å². The van der Waals surface area contributed by atoms with Crippen molar-refractivity contribution in [3.63, 3.8) is 0 Å². The fraction of sp³-hybridized carbons (Fsp3) is 0.333. The number of hydrogen-bond acceptors (Lipinski definition) is 3. The first-order chi connectivity index (χ1) is 7.79. The molecule has 0 unspecified atom stereocenters. The molecule has 0 saturated heterocycles. The average molecular weight is 222 g/mol. The lowest BCUT2D eigenvalue weighted by Gasteiger charge is -1.96. The quantitative estimate of drug-likeness (QED) is 0.720. The minimum Gasteiger partial charge on any atom is -0.504 e. The molecule has 0 aliphatic carbocycles. The molecule has 16 heavy (non-hydrogen) atoms. The van der Waals surface area contributed by atoms with Gasteiger partial charge in [0, 0.05) is 12.4 Å². The first kappa shape index (κ1) is 14.2. The Morgan fingerprint density at radius 2 is 1.88 bits per heavy atom. The third kappa shape index (κ3) is 3.08. The summed E-state index contributed by atoms with van der Waals surface area (Å²) in [6.45, 7) is 8.00.